The van der Waals surface area contributed by atoms with Crippen LogP contribution in [-0.2, 0) is 0 Å². The minimum Gasteiger partial charge on any atom is -0.294 e. The van der Waals surface area contributed by atoms with E-state index in [0.717, 1.165) is 0 Å². The number of benzene rings is 4. The van der Waals surface area contributed by atoms with Crippen LogP contribution in [0.1, 0.15) is 78.2 Å². The number of hydrogen-bond donors (Lipinski definition) is 0. The summed E-state index contributed by atoms with van der Waals surface area (Å²) in [6.45, 7) is 3.50. The van der Waals surface area contributed by atoms with Crippen molar-refractivity contribution in [1.82, 2.24) is 0 Å². The lowest BCUT2D eigenvalue weighted by Gasteiger charge is -2.32. The average molecular weight is 501 g/mol. The number of Topliss-reactive ketones (excluding diaryl/α,β-unsaturated/α-hetero) is 4. The second kappa shape index (κ2) is 10.5. The second-order valence-electron chi connectivity index (χ2n) is 9.90. The summed E-state index contributed by atoms with van der Waals surface area (Å²) in [7, 11) is 0. The summed E-state index contributed by atoms with van der Waals surface area (Å²) in [5.74, 6) is -3.85. The third-order valence-electron chi connectivity index (χ3n) is 7.63. The van der Waals surface area contributed by atoms with Crippen LogP contribution in [0.3, 0.4) is 0 Å². The summed E-state index contributed by atoms with van der Waals surface area (Å²) >= 11 is 0. The molecule has 4 aromatic rings. The second-order valence-corrected chi connectivity index (χ2v) is 9.90. The average Bonchev–Trinajstić information content (AvgIpc) is 2.97. The molecule has 1 aliphatic rings. The lowest BCUT2D eigenvalue weighted by Crippen LogP contribution is -2.35. The summed E-state index contributed by atoms with van der Waals surface area (Å²) in [4.78, 5) is 55.6. The summed E-state index contributed by atoms with van der Waals surface area (Å²) in [5.41, 5.74) is 2.85. The van der Waals surface area contributed by atoms with E-state index in [-0.39, 0.29) is 23.1 Å². The molecule has 0 amide bonds. The van der Waals surface area contributed by atoms with Gasteiger partial charge in [0, 0.05) is 34.1 Å². The number of carbonyl (C=O) groups excluding carboxylic acids is 4. The third kappa shape index (κ3) is 4.43. The molecule has 0 heterocycles. The first-order valence-electron chi connectivity index (χ1n) is 12.8. The van der Waals surface area contributed by atoms with Gasteiger partial charge in [0.1, 0.15) is 0 Å². The van der Waals surface area contributed by atoms with Gasteiger partial charge < -0.3 is 0 Å². The third-order valence-corrected chi connectivity index (χ3v) is 7.63. The zero-order valence-electron chi connectivity index (χ0n) is 21.3. The maximum Gasteiger partial charge on any atom is 0.171 e. The summed E-state index contributed by atoms with van der Waals surface area (Å²) in [6, 6.07) is 31.8. The number of ketones is 4. The lowest BCUT2D eigenvalue weighted by atomic mass is 9.68. The molecule has 4 aromatic carbocycles. The van der Waals surface area contributed by atoms with Gasteiger partial charge in [-0.15, -0.1) is 0 Å². The summed E-state index contributed by atoms with van der Waals surface area (Å²) in [5, 5.41) is 0. The summed E-state index contributed by atoms with van der Waals surface area (Å²) in [6.07, 6.45) is 0. The van der Waals surface area contributed by atoms with Crippen LogP contribution in [0.2, 0.25) is 0 Å². The van der Waals surface area contributed by atoms with Gasteiger partial charge in [0.05, 0.1) is 11.8 Å². The van der Waals surface area contributed by atoms with Crippen LogP contribution in [0.25, 0.3) is 0 Å². The molecule has 38 heavy (non-hydrogen) atoms. The largest absolute Gasteiger partial charge is 0.294 e. The van der Waals surface area contributed by atoms with Crippen LogP contribution in [0.5, 0.6) is 0 Å². The van der Waals surface area contributed by atoms with Crippen molar-refractivity contribution in [2.45, 2.75) is 25.7 Å². The van der Waals surface area contributed by atoms with Gasteiger partial charge in [-0.25, -0.2) is 0 Å². The fourth-order valence-corrected chi connectivity index (χ4v) is 5.63. The smallest absolute Gasteiger partial charge is 0.171 e. The van der Waals surface area contributed by atoms with Gasteiger partial charge in [0.2, 0.25) is 0 Å². The molecule has 4 heteroatoms. The number of rotatable bonds is 6. The van der Waals surface area contributed by atoms with Crippen LogP contribution < -0.4 is 0 Å². The Hall–Kier alpha value is -4.44. The molecule has 188 valence electrons. The van der Waals surface area contributed by atoms with Crippen molar-refractivity contribution in [3.8, 4) is 0 Å². The molecular formula is C34H28O4. The van der Waals surface area contributed by atoms with Crippen LogP contribution in [0.4, 0.5) is 0 Å². The highest BCUT2D eigenvalue weighted by Crippen LogP contribution is 2.42. The Morgan fingerprint density at radius 2 is 0.816 bits per heavy atom. The summed E-state index contributed by atoms with van der Waals surface area (Å²) < 4.78 is 0. The van der Waals surface area contributed by atoms with E-state index < -0.39 is 23.7 Å². The van der Waals surface area contributed by atoms with Gasteiger partial charge >= 0.3 is 0 Å². The van der Waals surface area contributed by atoms with Gasteiger partial charge in [-0.2, -0.15) is 0 Å². The van der Waals surface area contributed by atoms with Crippen molar-refractivity contribution in [1.29, 1.82) is 0 Å². The first kappa shape index (κ1) is 25.2. The Morgan fingerprint density at radius 1 is 0.500 bits per heavy atom. The minimum atomic E-state index is -0.843. The van der Waals surface area contributed by atoms with Crippen LogP contribution in [-0.4, -0.2) is 23.1 Å². The molecule has 0 unspecified atom stereocenters. The van der Waals surface area contributed by atoms with Crippen molar-refractivity contribution in [2.75, 3.05) is 0 Å². The predicted octanol–water partition coefficient (Wildman–Crippen LogP) is 6.97. The molecule has 0 radical (unpaired) electrons. The fraction of sp³-hybridized carbons (Fsp3) is 0.176. The maximum atomic E-state index is 14.3. The molecular weight excluding hydrogens is 472 g/mol. The molecule has 0 spiro atoms. The molecule has 4 atom stereocenters. The van der Waals surface area contributed by atoms with E-state index >= 15 is 0 Å². The highest BCUT2D eigenvalue weighted by atomic mass is 16.1. The molecule has 0 fully saturated rings. The van der Waals surface area contributed by atoms with Gasteiger partial charge in [-0.1, -0.05) is 123 Å². The Labute approximate surface area is 222 Å². The lowest BCUT2D eigenvalue weighted by molar-refractivity contribution is 0.0805. The standard InChI is InChI=1S/C34H28O4/c1-21(31(35)23-13-5-3-6-14-23)29-25-17-9-11-19-27(25)34(38)30(26-18-10-12-20-28(26)33(29)37)22(2)32(36)24-15-7-4-8-16-24/h3-22,29-30H,1-2H3/t21-,22-,29-,30-/m0/s1. The van der Waals surface area contributed by atoms with E-state index in [9.17, 15) is 19.2 Å². The molecule has 0 bridgehead atoms. The van der Waals surface area contributed by atoms with Crippen molar-refractivity contribution < 1.29 is 19.2 Å². The predicted molar refractivity (Wildman–Crippen MR) is 147 cm³/mol. The van der Waals surface area contributed by atoms with E-state index in [2.05, 4.69) is 0 Å². The topological polar surface area (TPSA) is 68.3 Å². The van der Waals surface area contributed by atoms with Gasteiger partial charge in [0.15, 0.2) is 23.1 Å². The van der Waals surface area contributed by atoms with Crippen LogP contribution in [0.15, 0.2) is 109 Å². The SMILES string of the molecule is C[C@H](C(=O)c1ccccc1)[C@@H]1C(=O)c2ccccc2[C@H]([C@H](C)C(=O)c2ccccc2)C(=O)c2ccccc21. The highest BCUT2D eigenvalue weighted by molar-refractivity contribution is 6.15. The van der Waals surface area contributed by atoms with Gasteiger partial charge in [0.25, 0.3) is 0 Å². The molecule has 0 aliphatic heterocycles. The highest BCUT2D eigenvalue weighted by Gasteiger charge is 2.42. The van der Waals surface area contributed by atoms with Crippen molar-refractivity contribution in [3.05, 3.63) is 143 Å². The van der Waals surface area contributed by atoms with E-state index in [1.165, 1.54) is 0 Å². The number of carbonyl (C=O) groups is 4. The van der Waals surface area contributed by atoms with Gasteiger partial charge in [-0.05, 0) is 11.1 Å². The molecule has 0 saturated carbocycles. The fourth-order valence-electron chi connectivity index (χ4n) is 5.63. The van der Waals surface area contributed by atoms with Crippen molar-refractivity contribution >= 4 is 23.1 Å². The van der Waals surface area contributed by atoms with E-state index in [1.807, 2.05) is 12.1 Å². The quantitative estimate of drug-likeness (QED) is 0.268. The van der Waals surface area contributed by atoms with E-state index in [1.54, 1.807) is 111 Å². The van der Waals surface area contributed by atoms with Crippen molar-refractivity contribution in [2.24, 2.45) is 11.8 Å². The Kier molecular flexibility index (Phi) is 6.97. The molecule has 0 N–H and O–H groups in total. The number of fused-ring (bicyclic) bond motifs is 2. The minimum absolute atomic E-state index is 0.159. The van der Waals surface area contributed by atoms with Gasteiger partial charge in [-0.3, -0.25) is 19.2 Å². The molecule has 4 nitrogen and oxygen atoms in total. The van der Waals surface area contributed by atoms with Crippen molar-refractivity contribution in [3.63, 3.8) is 0 Å². The maximum absolute atomic E-state index is 14.3. The first-order valence-corrected chi connectivity index (χ1v) is 12.8. The molecule has 0 saturated heterocycles. The Morgan fingerprint density at radius 3 is 1.18 bits per heavy atom. The first-order chi connectivity index (χ1) is 18.4. The van der Waals surface area contributed by atoms with E-state index in [4.69, 9.17) is 0 Å². The molecule has 5 rings (SSSR count). The normalized spacial score (nSPS) is 18.4. The van der Waals surface area contributed by atoms with E-state index in [0.29, 0.717) is 33.4 Å². The monoisotopic (exact) mass is 500 g/mol. The Balaban J connectivity index is 1.66. The van der Waals surface area contributed by atoms with Crippen LogP contribution >= 0.6 is 0 Å². The number of hydrogen-bond acceptors (Lipinski definition) is 4. The molecule has 1 aliphatic carbocycles. The zero-order valence-corrected chi connectivity index (χ0v) is 21.3. The molecule has 0 aromatic heterocycles. The Bertz CT molecular complexity index is 1400. The zero-order chi connectivity index (χ0) is 26.8. The van der Waals surface area contributed by atoms with Crippen LogP contribution in [0, 0.1) is 11.8 Å².